The summed E-state index contributed by atoms with van der Waals surface area (Å²) in [5, 5.41) is 0.712. The van der Waals surface area contributed by atoms with Crippen LogP contribution in [0.3, 0.4) is 0 Å². The van der Waals surface area contributed by atoms with Crippen molar-refractivity contribution in [2.24, 2.45) is 5.92 Å². The van der Waals surface area contributed by atoms with Gasteiger partial charge in [-0.25, -0.2) is 18.7 Å². The Hall–Kier alpha value is -3.09. The van der Waals surface area contributed by atoms with Gasteiger partial charge < -0.3 is 9.64 Å². The largest absolute Gasteiger partial charge is 0.494 e. The Balaban J connectivity index is 1.54. The highest BCUT2D eigenvalue weighted by atomic mass is 19.1. The fraction of sp³-hybridized carbons (Fsp3) is 0.286. The Morgan fingerprint density at radius 2 is 1.82 bits per heavy atom. The van der Waals surface area contributed by atoms with Gasteiger partial charge in [-0.3, -0.25) is 4.79 Å². The molecule has 0 aliphatic carbocycles. The van der Waals surface area contributed by atoms with E-state index in [9.17, 15) is 13.6 Å². The molecule has 0 spiro atoms. The number of anilines is 1. The van der Waals surface area contributed by atoms with Crippen molar-refractivity contribution in [3.63, 3.8) is 0 Å². The minimum atomic E-state index is -0.469. The summed E-state index contributed by atoms with van der Waals surface area (Å²) in [7, 11) is 1.42. The zero-order valence-corrected chi connectivity index (χ0v) is 15.4. The lowest BCUT2D eigenvalue weighted by atomic mass is 9.89. The maximum absolute atomic E-state index is 14.0. The number of rotatable bonds is 4. The lowest BCUT2D eigenvalue weighted by molar-refractivity contribution is 0.0900. The second-order valence-corrected chi connectivity index (χ2v) is 6.83. The van der Waals surface area contributed by atoms with Crippen LogP contribution in [0.1, 0.15) is 23.2 Å². The molecule has 0 unspecified atom stereocenters. The van der Waals surface area contributed by atoms with Crippen molar-refractivity contribution < 1.29 is 18.3 Å². The molecule has 7 heteroatoms. The second-order valence-electron chi connectivity index (χ2n) is 6.83. The van der Waals surface area contributed by atoms with Crippen molar-refractivity contribution in [3.8, 4) is 5.75 Å². The van der Waals surface area contributed by atoms with E-state index in [2.05, 4.69) is 14.9 Å². The SMILES string of the molecule is COc1cc2c(N3CCC(C(=O)c4ccc(F)cc4)CC3)ncnc2cc1F. The summed E-state index contributed by atoms with van der Waals surface area (Å²) in [4.78, 5) is 23.3. The number of hydrogen-bond acceptors (Lipinski definition) is 5. The molecule has 1 saturated heterocycles. The Morgan fingerprint density at radius 1 is 1.11 bits per heavy atom. The summed E-state index contributed by atoms with van der Waals surface area (Å²) in [6, 6.07) is 8.62. The molecule has 0 N–H and O–H groups in total. The molecule has 144 valence electrons. The average molecular weight is 383 g/mol. The van der Waals surface area contributed by atoms with Crippen molar-refractivity contribution in [2.75, 3.05) is 25.1 Å². The summed E-state index contributed by atoms with van der Waals surface area (Å²) >= 11 is 0. The number of carbonyl (C=O) groups excluding carboxylic acids is 1. The van der Waals surface area contributed by atoms with Crippen LogP contribution in [0.2, 0.25) is 0 Å². The van der Waals surface area contributed by atoms with E-state index >= 15 is 0 Å². The van der Waals surface area contributed by atoms with E-state index in [4.69, 9.17) is 4.74 Å². The standard InChI is InChI=1S/C21H19F2N3O2/c1-28-19-10-16-18(11-17(19)23)24-12-25-21(16)26-8-6-14(7-9-26)20(27)13-2-4-15(22)5-3-13/h2-5,10-12,14H,6-9H2,1H3. The molecular weight excluding hydrogens is 364 g/mol. The van der Waals surface area contributed by atoms with Gasteiger partial charge in [-0.05, 0) is 43.2 Å². The number of methoxy groups -OCH3 is 1. The molecule has 1 aromatic heterocycles. The molecule has 0 amide bonds. The Morgan fingerprint density at radius 3 is 2.50 bits per heavy atom. The van der Waals surface area contributed by atoms with E-state index < -0.39 is 5.82 Å². The van der Waals surface area contributed by atoms with Crippen LogP contribution in [0.25, 0.3) is 10.9 Å². The zero-order chi connectivity index (χ0) is 19.7. The summed E-state index contributed by atoms with van der Waals surface area (Å²) in [6.07, 6.45) is 2.75. The quantitative estimate of drug-likeness (QED) is 0.637. The number of fused-ring (bicyclic) bond motifs is 1. The van der Waals surface area contributed by atoms with Crippen LogP contribution in [0.15, 0.2) is 42.7 Å². The first-order valence-corrected chi connectivity index (χ1v) is 9.10. The zero-order valence-electron chi connectivity index (χ0n) is 15.4. The lowest BCUT2D eigenvalue weighted by Crippen LogP contribution is -2.37. The molecule has 3 aromatic rings. The van der Waals surface area contributed by atoms with E-state index in [1.807, 2.05) is 0 Å². The van der Waals surface area contributed by atoms with Gasteiger partial charge in [0.25, 0.3) is 0 Å². The maximum atomic E-state index is 14.0. The summed E-state index contributed by atoms with van der Waals surface area (Å²) in [6.45, 7) is 1.28. The molecule has 0 radical (unpaired) electrons. The molecule has 1 aliphatic heterocycles. The summed E-state index contributed by atoms with van der Waals surface area (Å²) in [5.74, 6) is -0.0456. The van der Waals surface area contributed by atoms with Crippen molar-refractivity contribution >= 4 is 22.5 Å². The van der Waals surface area contributed by atoms with Crippen molar-refractivity contribution in [1.29, 1.82) is 0 Å². The van der Waals surface area contributed by atoms with E-state index in [0.29, 0.717) is 48.2 Å². The molecule has 2 aromatic carbocycles. The third kappa shape index (κ3) is 3.40. The van der Waals surface area contributed by atoms with Crippen LogP contribution >= 0.6 is 0 Å². The molecule has 2 heterocycles. The highest BCUT2D eigenvalue weighted by Gasteiger charge is 2.27. The number of ether oxygens (including phenoxy) is 1. The van der Waals surface area contributed by atoms with Gasteiger partial charge in [-0.2, -0.15) is 0 Å². The smallest absolute Gasteiger partial charge is 0.167 e. The molecule has 0 atom stereocenters. The minimum Gasteiger partial charge on any atom is -0.494 e. The number of nitrogens with zero attached hydrogens (tertiary/aromatic N) is 3. The fourth-order valence-electron chi connectivity index (χ4n) is 3.66. The Bertz CT molecular complexity index is 1020. The number of halogens is 2. The third-order valence-electron chi connectivity index (χ3n) is 5.18. The fourth-order valence-corrected chi connectivity index (χ4v) is 3.66. The van der Waals surface area contributed by atoms with E-state index in [1.165, 1.54) is 43.8 Å². The molecular formula is C21H19F2N3O2. The van der Waals surface area contributed by atoms with Crippen molar-refractivity contribution in [3.05, 3.63) is 59.9 Å². The van der Waals surface area contributed by atoms with Gasteiger partial charge in [-0.1, -0.05) is 0 Å². The van der Waals surface area contributed by atoms with E-state index in [-0.39, 0.29) is 23.3 Å². The third-order valence-corrected chi connectivity index (χ3v) is 5.18. The van der Waals surface area contributed by atoms with Crippen LogP contribution < -0.4 is 9.64 Å². The topological polar surface area (TPSA) is 55.3 Å². The summed E-state index contributed by atoms with van der Waals surface area (Å²) < 4.78 is 32.1. The first-order chi connectivity index (χ1) is 13.6. The highest BCUT2D eigenvalue weighted by Crippen LogP contribution is 2.32. The molecule has 28 heavy (non-hydrogen) atoms. The average Bonchev–Trinajstić information content (AvgIpc) is 2.73. The molecule has 0 bridgehead atoms. The van der Waals surface area contributed by atoms with E-state index in [1.54, 1.807) is 6.07 Å². The number of piperidine rings is 1. The van der Waals surface area contributed by atoms with Gasteiger partial charge in [0.15, 0.2) is 17.3 Å². The van der Waals surface area contributed by atoms with Gasteiger partial charge in [0.1, 0.15) is 18.0 Å². The van der Waals surface area contributed by atoms with Gasteiger partial charge in [0.2, 0.25) is 0 Å². The second kappa shape index (κ2) is 7.50. The summed E-state index contributed by atoms with van der Waals surface area (Å²) in [5.41, 5.74) is 1.04. The number of carbonyl (C=O) groups is 1. The van der Waals surface area contributed by atoms with Crippen LogP contribution in [-0.4, -0.2) is 36.0 Å². The minimum absolute atomic E-state index is 0.0379. The van der Waals surface area contributed by atoms with Crippen LogP contribution in [0.5, 0.6) is 5.75 Å². The maximum Gasteiger partial charge on any atom is 0.167 e. The van der Waals surface area contributed by atoms with Gasteiger partial charge in [0, 0.05) is 36.0 Å². The predicted octanol–water partition coefficient (Wildman–Crippen LogP) is 4.02. The monoisotopic (exact) mass is 383 g/mol. The van der Waals surface area contributed by atoms with Crippen LogP contribution in [0.4, 0.5) is 14.6 Å². The van der Waals surface area contributed by atoms with Crippen molar-refractivity contribution in [2.45, 2.75) is 12.8 Å². The number of benzene rings is 2. The molecule has 1 aliphatic rings. The molecule has 0 saturated carbocycles. The number of hydrogen-bond donors (Lipinski definition) is 0. The Labute approximate surface area is 161 Å². The van der Waals surface area contributed by atoms with Crippen LogP contribution in [0, 0.1) is 17.6 Å². The highest BCUT2D eigenvalue weighted by molar-refractivity contribution is 5.98. The molecule has 1 fully saturated rings. The Kier molecular flexibility index (Phi) is 4.90. The van der Waals surface area contributed by atoms with E-state index in [0.717, 1.165) is 0 Å². The van der Waals surface area contributed by atoms with Crippen molar-refractivity contribution in [1.82, 2.24) is 9.97 Å². The molecule has 5 nitrogen and oxygen atoms in total. The lowest BCUT2D eigenvalue weighted by Gasteiger charge is -2.32. The number of Topliss-reactive ketones (excluding diaryl/α,β-unsaturated/α-hetero) is 1. The van der Waals surface area contributed by atoms with Gasteiger partial charge >= 0.3 is 0 Å². The van der Waals surface area contributed by atoms with Gasteiger partial charge in [0.05, 0.1) is 12.6 Å². The molecule has 4 rings (SSSR count). The predicted molar refractivity (Wildman–Crippen MR) is 102 cm³/mol. The normalized spacial score (nSPS) is 15.0. The van der Waals surface area contributed by atoms with Gasteiger partial charge in [-0.15, -0.1) is 0 Å². The number of ketones is 1. The number of aromatic nitrogens is 2. The first-order valence-electron chi connectivity index (χ1n) is 9.10. The first kappa shape index (κ1) is 18.3. The van der Waals surface area contributed by atoms with Crippen LogP contribution in [-0.2, 0) is 0 Å².